The lowest BCUT2D eigenvalue weighted by Crippen LogP contribution is -2.21. The smallest absolute Gasteiger partial charge is 0.244 e. The molecule has 4 aromatic carbocycles. The van der Waals surface area contributed by atoms with Gasteiger partial charge in [-0.25, -0.2) is 4.98 Å². The zero-order valence-corrected chi connectivity index (χ0v) is 20.1. The number of aromatic nitrogens is 2. The number of nitrogens with one attached hydrogen (secondary N) is 2. The van der Waals surface area contributed by atoms with Gasteiger partial charge in [-0.3, -0.25) is 4.79 Å². The molecule has 6 aromatic rings. The monoisotopic (exact) mass is 487 g/mol. The summed E-state index contributed by atoms with van der Waals surface area (Å²) in [6.07, 6.45) is 3.29. The predicted octanol–water partition coefficient (Wildman–Crippen LogP) is 7.52. The first-order valence-electron chi connectivity index (χ1n) is 11.8. The Balaban J connectivity index is 1.39. The van der Waals surface area contributed by atoms with Gasteiger partial charge >= 0.3 is 0 Å². The maximum absolute atomic E-state index is 12.6. The Labute approximate surface area is 213 Å². The van der Waals surface area contributed by atoms with E-state index in [0.29, 0.717) is 11.6 Å². The number of benzene rings is 4. The van der Waals surface area contributed by atoms with Crippen molar-refractivity contribution >= 4 is 56.2 Å². The third kappa shape index (κ3) is 4.23. The molecule has 0 aliphatic carbocycles. The van der Waals surface area contributed by atoms with E-state index in [9.17, 15) is 4.79 Å². The van der Waals surface area contributed by atoms with Gasteiger partial charge in [0, 0.05) is 33.0 Å². The van der Waals surface area contributed by atoms with Crippen LogP contribution in [0.15, 0.2) is 103 Å². The molecule has 2 heterocycles. The molecule has 0 bridgehead atoms. The van der Waals surface area contributed by atoms with E-state index >= 15 is 0 Å². The predicted molar refractivity (Wildman–Crippen MR) is 149 cm³/mol. The summed E-state index contributed by atoms with van der Waals surface area (Å²) in [7, 11) is 0. The molecule has 0 saturated heterocycles. The highest BCUT2D eigenvalue weighted by atomic mass is 35.5. The van der Waals surface area contributed by atoms with Gasteiger partial charge in [-0.2, -0.15) is 0 Å². The van der Waals surface area contributed by atoms with Crippen LogP contribution < -0.4 is 5.32 Å². The number of H-pyrrole nitrogens is 1. The first kappa shape index (κ1) is 22.1. The van der Waals surface area contributed by atoms with Crippen molar-refractivity contribution in [1.29, 1.82) is 0 Å². The largest absolute Gasteiger partial charge is 0.353 e. The van der Waals surface area contributed by atoms with Crippen LogP contribution in [0.2, 0.25) is 5.02 Å². The summed E-state index contributed by atoms with van der Waals surface area (Å²) >= 11 is 5.94. The normalized spacial score (nSPS) is 11.6. The third-order valence-electron chi connectivity index (χ3n) is 6.34. The lowest BCUT2D eigenvalue weighted by molar-refractivity contribution is -0.116. The fourth-order valence-corrected chi connectivity index (χ4v) is 4.72. The van der Waals surface area contributed by atoms with Crippen molar-refractivity contribution in [3.63, 3.8) is 0 Å². The zero-order chi connectivity index (χ0) is 24.5. The topological polar surface area (TPSA) is 57.8 Å². The zero-order valence-electron chi connectivity index (χ0n) is 19.3. The third-order valence-corrected chi connectivity index (χ3v) is 6.59. The summed E-state index contributed by atoms with van der Waals surface area (Å²) < 4.78 is 0. The van der Waals surface area contributed by atoms with Crippen LogP contribution in [0.4, 0.5) is 0 Å². The number of nitrogens with zero attached hydrogens (tertiary/aromatic N) is 1. The number of carbonyl (C=O) groups is 1. The molecule has 174 valence electrons. The molecule has 4 nitrogen and oxygen atoms in total. The van der Waals surface area contributed by atoms with Gasteiger partial charge in [-0.15, -0.1) is 0 Å². The summed E-state index contributed by atoms with van der Waals surface area (Å²) in [5.41, 5.74) is 5.68. The number of pyridine rings is 1. The van der Waals surface area contributed by atoms with Crippen LogP contribution in [0.5, 0.6) is 0 Å². The maximum Gasteiger partial charge on any atom is 0.244 e. The Bertz CT molecular complexity index is 1760. The maximum atomic E-state index is 12.6. The average Bonchev–Trinajstić information content (AvgIpc) is 3.29. The average molecular weight is 488 g/mol. The highest BCUT2D eigenvalue weighted by Crippen LogP contribution is 2.35. The fourth-order valence-electron chi connectivity index (χ4n) is 4.60. The Morgan fingerprint density at radius 1 is 0.861 bits per heavy atom. The molecule has 0 fully saturated rings. The van der Waals surface area contributed by atoms with Crippen molar-refractivity contribution in [3.8, 4) is 11.3 Å². The molecule has 1 amide bonds. The van der Waals surface area contributed by atoms with Gasteiger partial charge in [0.1, 0.15) is 0 Å². The summed E-state index contributed by atoms with van der Waals surface area (Å²) in [6.45, 7) is 0.316. The number of hydrogen-bond acceptors (Lipinski definition) is 2. The van der Waals surface area contributed by atoms with E-state index in [4.69, 9.17) is 16.6 Å². The van der Waals surface area contributed by atoms with Crippen molar-refractivity contribution in [2.75, 3.05) is 0 Å². The molecule has 6 rings (SSSR count). The van der Waals surface area contributed by atoms with E-state index in [1.807, 2.05) is 36.4 Å². The van der Waals surface area contributed by atoms with E-state index in [-0.39, 0.29) is 5.91 Å². The number of carbonyl (C=O) groups excluding carboxylic acids is 1. The van der Waals surface area contributed by atoms with Crippen LogP contribution >= 0.6 is 11.6 Å². The number of para-hydroxylation sites is 1. The van der Waals surface area contributed by atoms with E-state index in [2.05, 4.69) is 58.8 Å². The summed E-state index contributed by atoms with van der Waals surface area (Å²) in [5.74, 6) is -0.183. The number of halogens is 1. The van der Waals surface area contributed by atoms with Crippen molar-refractivity contribution in [3.05, 3.63) is 119 Å². The Morgan fingerprint density at radius 3 is 2.47 bits per heavy atom. The first-order valence-corrected chi connectivity index (χ1v) is 12.1. The van der Waals surface area contributed by atoms with Gasteiger partial charge in [0.15, 0.2) is 0 Å². The van der Waals surface area contributed by atoms with Gasteiger partial charge in [0.25, 0.3) is 0 Å². The molecule has 2 aromatic heterocycles. The van der Waals surface area contributed by atoms with E-state index in [1.54, 1.807) is 18.2 Å². The number of fused-ring (bicyclic) bond motifs is 4. The second-order valence-corrected chi connectivity index (χ2v) is 9.12. The molecule has 0 spiro atoms. The van der Waals surface area contributed by atoms with Crippen molar-refractivity contribution < 1.29 is 4.79 Å². The van der Waals surface area contributed by atoms with Crippen LogP contribution in [0.25, 0.3) is 49.9 Å². The highest BCUT2D eigenvalue weighted by molar-refractivity contribution is 6.30. The minimum absolute atomic E-state index is 0.183. The van der Waals surface area contributed by atoms with Crippen LogP contribution in [-0.2, 0) is 11.3 Å². The highest BCUT2D eigenvalue weighted by Gasteiger charge is 2.15. The molecular weight excluding hydrogens is 466 g/mol. The van der Waals surface area contributed by atoms with Gasteiger partial charge in [0.2, 0.25) is 5.91 Å². The molecule has 0 saturated carbocycles. The van der Waals surface area contributed by atoms with E-state index in [1.165, 1.54) is 6.08 Å². The molecule has 0 atom stereocenters. The summed E-state index contributed by atoms with van der Waals surface area (Å²) in [5, 5.41) is 8.16. The van der Waals surface area contributed by atoms with Crippen LogP contribution in [0, 0.1) is 0 Å². The first-order chi connectivity index (χ1) is 17.7. The minimum atomic E-state index is -0.183. The standard InChI is InChI=1S/C31H22ClN3O/c32-22-15-12-20(13-16-22)14-17-29(36)33-19-23-18-27-25-9-3-4-11-28(25)35-31(27)30(34-23)26-10-5-7-21-6-1-2-8-24(21)26/h1-18,35H,19H2,(H,33,36)/b17-14+. The van der Waals surface area contributed by atoms with Gasteiger partial charge in [0.05, 0.1) is 23.4 Å². The molecule has 36 heavy (non-hydrogen) atoms. The number of amides is 1. The van der Waals surface area contributed by atoms with Gasteiger partial charge in [-0.05, 0) is 46.7 Å². The SMILES string of the molecule is O=C(/C=C/c1ccc(Cl)cc1)NCc1cc2c([nH]c3ccccc32)c(-c2cccc3ccccc23)n1. The lowest BCUT2D eigenvalue weighted by atomic mass is 10.00. The molecule has 5 heteroatoms. The minimum Gasteiger partial charge on any atom is -0.353 e. The van der Waals surface area contributed by atoms with Crippen LogP contribution in [0.3, 0.4) is 0 Å². The number of aromatic amines is 1. The molecule has 0 unspecified atom stereocenters. The molecular formula is C31H22ClN3O. The van der Waals surface area contributed by atoms with E-state index in [0.717, 1.165) is 55.1 Å². The Kier molecular flexibility index (Phi) is 5.72. The van der Waals surface area contributed by atoms with Gasteiger partial charge < -0.3 is 10.3 Å². The molecule has 0 aliphatic heterocycles. The lowest BCUT2D eigenvalue weighted by Gasteiger charge is -2.11. The van der Waals surface area contributed by atoms with Crippen molar-refractivity contribution in [1.82, 2.24) is 15.3 Å². The van der Waals surface area contributed by atoms with Gasteiger partial charge in [-0.1, -0.05) is 84.4 Å². The van der Waals surface area contributed by atoms with Crippen LogP contribution in [-0.4, -0.2) is 15.9 Å². The Hall–Kier alpha value is -4.41. The molecule has 0 aliphatic rings. The fraction of sp³-hybridized carbons (Fsp3) is 0.0323. The van der Waals surface area contributed by atoms with Crippen molar-refractivity contribution in [2.24, 2.45) is 0 Å². The summed E-state index contributed by atoms with van der Waals surface area (Å²) in [6, 6.07) is 32.2. The van der Waals surface area contributed by atoms with E-state index < -0.39 is 0 Å². The van der Waals surface area contributed by atoms with Crippen LogP contribution in [0.1, 0.15) is 11.3 Å². The second-order valence-electron chi connectivity index (χ2n) is 8.68. The van der Waals surface area contributed by atoms with Crippen molar-refractivity contribution in [2.45, 2.75) is 6.54 Å². The number of rotatable bonds is 5. The second kappa shape index (κ2) is 9.33. The Morgan fingerprint density at radius 2 is 1.61 bits per heavy atom. The molecule has 0 radical (unpaired) electrons. The number of hydrogen-bond donors (Lipinski definition) is 2. The summed E-state index contributed by atoms with van der Waals surface area (Å²) in [4.78, 5) is 21.2. The quantitative estimate of drug-likeness (QED) is 0.247. The molecule has 2 N–H and O–H groups in total.